The summed E-state index contributed by atoms with van der Waals surface area (Å²) in [6, 6.07) is 3.23. The predicted molar refractivity (Wildman–Crippen MR) is 90.9 cm³/mol. The van der Waals surface area contributed by atoms with Crippen LogP contribution in [0.2, 0.25) is 0 Å². The Morgan fingerprint density at radius 2 is 2.00 bits per heavy atom. The van der Waals surface area contributed by atoms with E-state index in [1.54, 1.807) is 20.0 Å². The average molecular weight is 371 g/mol. The molecule has 0 saturated heterocycles. The molecular weight excluding hydrogens is 353 g/mol. The molecule has 6 nitrogen and oxygen atoms in total. The van der Waals surface area contributed by atoms with Crippen molar-refractivity contribution >= 4 is 33.0 Å². The van der Waals surface area contributed by atoms with Gasteiger partial charge in [-0.3, -0.25) is 4.79 Å². The van der Waals surface area contributed by atoms with Gasteiger partial charge < -0.3 is 5.32 Å². The fourth-order valence-corrected chi connectivity index (χ4v) is 4.33. The van der Waals surface area contributed by atoms with Gasteiger partial charge in [0, 0.05) is 18.0 Å². The number of anilines is 1. The third kappa shape index (κ3) is 4.16. The smallest absolute Gasteiger partial charge is 0.241 e. The largest absolute Gasteiger partial charge is 0.324 e. The van der Waals surface area contributed by atoms with Gasteiger partial charge in [-0.1, -0.05) is 0 Å². The van der Waals surface area contributed by atoms with Crippen molar-refractivity contribution in [3.05, 3.63) is 40.1 Å². The lowest BCUT2D eigenvalue weighted by molar-refractivity contribution is -0.114. The van der Waals surface area contributed by atoms with Crippen molar-refractivity contribution in [2.75, 3.05) is 5.32 Å². The molecule has 0 radical (unpaired) electrons. The lowest BCUT2D eigenvalue weighted by atomic mass is 10.1. The van der Waals surface area contributed by atoms with Gasteiger partial charge in [-0.15, -0.1) is 11.3 Å². The van der Waals surface area contributed by atoms with Crippen LogP contribution in [0, 0.1) is 12.7 Å². The highest BCUT2D eigenvalue weighted by molar-refractivity contribution is 7.89. The summed E-state index contributed by atoms with van der Waals surface area (Å²) in [6.45, 7) is 6.49. The second kappa shape index (κ2) is 6.58. The van der Waals surface area contributed by atoms with Crippen LogP contribution in [-0.4, -0.2) is 19.3 Å². The molecule has 0 bridgehead atoms. The molecule has 0 atom stereocenters. The number of nitrogens with zero attached hydrogens (tertiary/aromatic N) is 1. The second-order valence-electron chi connectivity index (χ2n) is 5.83. The number of aromatic nitrogens is 1. The topological polar surface area (TPSA) is 88.2 Å². The molecule has 0 aliphatic heterocycles. The highest BCUT2D eigenvalue weighted by Gasteiger charge is 2.31. The van der Waals surface area contributed by atoms with Gasteiger partial charge in [0.25, 0.3) is 0 Å². The molecule has 0 unspecified atom stereocenters. The van der Waals surface area contributed by atoms with Crippen LogP contribution in [0.4, 0.5) is 10.1 Å². The van der Waals surface area contributed by atoms with Gasteiger partial charge in [-0.05, 0) is 39.0 Å². The zero-order valence-electron chi connectivity index (χ0n) is 13.7. The third-order valence-electron chi connectivity index (χ3n) is 3.10. The molecule has 0 saturated carbocycles. The molecule has 1 aromatic carbocycles. The Hall–Kier alpha value is -1.84. The Morgan fingerprint density at radius 1 is 1.33 bits per heavy atom. The Kier molecular flexibility index (Phi) is 5.07. The van der Waals surface area contributed by atoms with E-state index >= 15 is 0 Å². The van der Waals surface area contributed by atoms with E-state index in [1.165, 1.54) is 18.3 Å². The fourth-order valence-electron chi connectivity index (χ4n) is 2.04. The molecular formula is C15H18FN3O3S2. The number of hydrogen-bond donors (Lipinski definition) is 2. The molecule has 0 spiro atoms. The Balaban J connectivity index is 2.35. The number of halogens is 1. The van der Waals surface area contributed by atoms with E-state index in [4.69, 9.17) is 0 Å². The van der Waals surface area contributed by atoms with Gasteiger partial charge in [0.1, 0.15) is 10.8 Å². The van der Waals surface area contributed by atoms with E-state index in [2.05, 4.69) is 15.0 Å². The minimum Gasteiger partial charge on any atom is -0.324 e. The van der Waals surface area contributed by atoms with Crippen molar-refractivity contribution < 1.29 is 17.6 Å². The lowest BCUT2D eigenvalue weighted by Crippen LogP contribution is -2.40. The van der Waals surface area contributed by atoms with E-state index in [0.717, 1.165) is 23.1 Å². The third-order valence-corrected chi connectivity index (χ3v) is 5.99. The Bertz CT molecular complexity index is 876. The summed E-state index contributed by atoms with van der Waals surface area (Å²) in [5.41, 5.74) is -1.12. The molecule has 2 N–H and O–H groups in total. The minimum absolute atomic E-state index is 0.144. The van der Waals surface area contributed by atoms with E-state index in [9.17, 15) is 17.6 Å². The van der Waals surface area contributed by atoms with E-state index in [-0.39, 0.29) is 10.6 Å². The van der Waals surface area contributed by atoms with Crippen LogP contribution in [0.1, 0.15) is 30.7 Å². The summed E-state index contributed by atoms with van der Waals surface area (Å²) in [5.74, 6) is -1.20. The number of rotatable bonds is 5. The minimum atomic E-state index is -3.93. The van der Waals surface area contributed by atoms with Crippen LogP contribution in [0.15, 0.2) is 29.3 Å². The first-order valence-electron chi connectivity index (χ1n) is 7.05. The molecule has 0 aliphatic carbocycles. The molecule has 9 heteroatoms. The number of hydrogen-bond acceptors (Lipinski definition) is 5. The Morgan fingerprint density at radius 3 is 2.54 bits per heavy atom. The van der Waals surface area contributed by atoms with Gasteiger partial charge in [-0.25, -0.2) is 17.8 Å². The van der Waals surface area contributed by atoms with Crippen molar-refractivity contribution in [3.63, 3.8) is 0 Å². The van der Waals surface area contributed by atoms with Crippen LogP contribution < -0.4 is 10.0 Å². The van der Waals surface area contributed by atoms with Crippen LogP contribution >= 0.6 is 11.3 Å². The summed E-state index contributed by atoms with van der Waals surface area (Å²) in [4.78, 5) is 16.1. The van der Waals surface area contributed by atoms with Crippen molar-refractivity contribution in [2.24, 2.45) is 0 Å². The SMILES string of the molecule is CC(=O)Nc1cc(S(=O)(=O)NC(C)(C)c2ncc(C)s2)ccc1F. The monoisotopic (exact) mass is 371 g/mol. The molecule has 1 amide bonds. The summed E-state index contributed by atoms with van der Waals surface area (Å²) in [6.07, 6.45) is 1.67. The van der Waals surface area contributed by atoms with Gasteiger partial charge in [0.2, 0.25) is 15.9 Å². The summed E-state index contributed by atoms with van der Waals surface area (Å²) in [7, 11) is -3.93. The number of thiazole rings is 1. The number of benzene rings is 1. The average Bonchev–Trinajstić information content (AvgIpc) is 2.87. The maximum atomic E-state index is 13.7. The zero-order chi connectivity index (χ0) is 18.1. The van der Waals surface area contributed by atoms with Crippen LogP contribution in [0.3, 0.4) is 0 Å². The summed E-state index contributed by atoms with van der Waals surface area (Å²) in [5, 5.41) is 2.89. The lowest BCUT2D eigenvalue weighted by Gasteiger charge is -2.23. The molecule has 2 rings (SSSR count). The molecule has 2 aromatic rings. The van der Waals surface area contributed by atoms with E-state index in [0.29, 0.717) is 5.01 Å². The van der Waals surface area contributed by atoms with Crippen molar-refractivity contribution in [1.82, 2.24) is 9.71 Å². The van der Waals surface area contributed by atoms with E-state index in [1.807, 2.05) is 6.92 Å². The molecule has 0 aliphatic rings. The highest BCUT2D eigenvalue weighted by atomic mass is 32.2. The number of carbonyl (C=O) groups excluding carboxylic acids is 1. The molecule has 24 heavy (non-hydrogen) atoms. The van der Waals surface area contributed by atoms with Gasteiger partial charge in [0.05, 0.1) is 16.1 Å². The van der Waals surface area contributed by atoms with E-state index < -0.39 is 27.3 Å². The molecule has 0 fully saturated rings. The molecule has 130 valence electrons. The number of aryl methyl sites for hydroxylation is 1. The van der Waals surface area contributed by atoms with Crippen LogP contribution in [0.5, 0.6) is 0 Å². The summed E-state index contributed by atoms with van der Waals surface area (Å²) >= 11 is 1.39. The zero-order valence-corrected chi connectivity index (χ0v) is 15.3. The Labute approximate surface area is 144 Å². The first-order chi connectivity index (χ1) is 11.0. The summed E-state index contributed by atoms with van der Waals surface area (Å²) < 4.78 is 41.5. The number of sulfonamides is 1. The number of carbonyl (C=O) groups is 1. The van der Waals surface area contributed by atoms with Crippen LogP contribution in [0.25, 0.3) is 0 Å². The normalized spacial score (nSPS) is 12.2. The number of nitrogens with one attached hydrogen (secondary N) is 2. The van der Waals surface area contributed by atoms with Crippen molar-refractivity contribution in [1.29, 1.82) is 0 Å². The number of amides is 1. The quantitative estimate of drug-likeness (QED) is 0.846. The maximum Gasteiger partial charge on any atom is 0.241 e. The molecule has 1 aromatic heterocycles. The van der Waals surface area contributed by atoms with Crippen LogP contribution in [-0.2, 0) is 20.4 Å². The second-order valence-corrected chi connectivity index (χ2v) is 8.75. The van der Waals surface area contributed by atoms with Gasteiger partial charge >= 0.3 is 0 Å². The molecule has 1 heterocycles. The standard InChI is InChI=1S/C15H18FN3O3S2/c1-9-8-17-14(23-9)15(3,4)19-24(21,22)11-5-6-12(16)13(7-11)18-10(2)20/h5-8,19H,1-4H3,(H,18,20). The first-order valence-corrected chi connectivity index (χ1v) is 9.35. The van der Waals surface area contributed by atoms with Gasteiger partial charge in [0.15, 0.2) is 0 Å². The first kappa shape index (κ1) is 18.5. The predicted octanol–water partition coefficient (Wildman–Crippen LogP) is 2.76. The maximum absolute atomic E-state index is 13.7. The fraction of sp³-hybridized carbons (Fsp3) is 0.333. The van der Waals surface area contributed by atoms with Crippen molar-refractivity contribution in [2.45, 2.75) is 38.1 Å². The van der Waals surface area contributed by atoms with Crippen molar-refractivity contribution in [3.8, 4) is 0 Å². The van der Waals surface area contributed by atoms with Gasteiger partial charge in [-0.2, -0.15) is 4.72 Å². The highest BCUT2D eigenvalue weighted by Crippen LogP contribution is 2.28.